The molecule has 0 saturated carbocycles. The molecule has 0 unspecified atom stereocenters. The van der Waals surface area contributed by atoms with E-state index in [1.807, 2.05) is 42.6 Å². The van der Waals surface area contributed by atoms with Crippen molar-refractivity contribution in [1.29, 1.82) is 0 Å². The molecule has 122 valence electrons. The highest BCUT2D eigenvalue weighted by molar-refractivity contribution is 9.10. The number of hydrogen-bond acceptors (Lipinski definition) is 3. The molecule has 0 bridgehead atoms. The molecule has 0 spiro atoms. The van der Waals surface area contributed by atoms with Gasteiger partial charge in [-0.3, -0.25) is 4.99 Å². The Morgan fingerprint density at radius 3 is 2.67 bits per heavy atom. The lowest BCUT2D eigenvalue weighted by molar-refractivity contribution is 0.627. The average molecular weight is 404 g/mol. The van der Waals surface area contributed by atoms with Crippen molar-refractivity contribution in [1.82, 2.24) is 4.68 Å². The van der Waals surface area contributed by atoms with Gasteiger partial charge in [0.05, 0.1) is 11.4 Å². The standard InChI is InChI=1S/C18H15BrFN3S/c1-12(13-5-4-8-16(20)10-13)22-23-17(11-24-18(23)21-2)14-6-3-7-15(19)9-14/h3-11H,1-2H3. The minimum atomic E-state index is -0.273. The number of thiazole rings is 1. The Bertz CT molecular complexity index is 972. The van der Waals surface area contributed by atoms with Crippen molar-refractivity contribution < 1.29 is 4.39 Å². The zero-order valence-electron chi connectivity index (χ0n) is 13.2. The molecule has 3 nitrogen and oxygen atoms in total. The Labute approximate surface area is 152 Å². The van der Waals surface area contributed by atoms with Crippen LogP contribution in [0.5, 0.6) is 0 Å². The van der Waals surface area contributed by atoms with E-state index in [1.165, 1.54) is 23.5 Å². The SMILES string of the molecule is CN=c1scc(-c2cccc(Br)c2)n1N=C(C)c1cccc(F)c1. The highest BCUT2D eigenvalue weighted by atomic mass is 79.9. The summed E-state index contributed by atoms with van der Waals surface area (Å²) in [7, 11) is 1.74. The van der Waals surface area contributed by atoms with Gasteiger partial charge in [-0.25, -0.2) is 9.07 Å². The number of nitrogens with zero attached hydrogens (tertiary/aromatic N) is 3. The fourth-order valence-corrected chi connectivity index (χ4v) is 3.51. The molecule has 0 aliphatic heterocycles. The minimum absolute atomic E-state index is 0.273. The molecule has 0 aliphatic rings. The maximum Gasteiger partial charge on any atom is 0.205 e. The van der Waals surface area contributed by atoms with E-state index in [1.54, 1.807) is 17.8 Å². The third-order valence-electron chi connectivity index (χ3n) is 3.49. The minimum Gasteiger partial charge on any atom is -0.261 e. The Hall–Kier alpha value is -2.05. The Balaban J connectivity index is 2.14. The van der Waals surface area contributed by atoms with Crippen LogP contribution in [0.4, 0.5) is 4.39 Å². The van der Waals surface area contributed by atoms with E-state index in [2.05, 4.69) is 26.0 Å². The number of hydrogen-bond donors (Lipinski definition) is 0. The maximum absolute atomic E-state index is 13.5. The number of halogens is 2. The van der Waals surface area contributed by atoms with Gasteiger partial charge in [0.15, 0.2) is 0 Å². The van der Waals surface area contributed by atoms with Crippen molar-refractivity contribution in [3.05, 3.63) is 74.6 Å². The quantitative estimate of drug-likeness (QED) is 0.555. The van der Waals surface area contributed by atoms with Gasteiger partial charge < -0.3 is 0 Å². The second-order valence-corrected chi connectivity index (χ2v) is 6.90. The van der Waals surface area contributed by atoms with E-state index in [-0.39, 0.29) is 5.82 Å². The molecule has 0 aliphatic carbocycles. The van der Waals surface area contributed by atoms with Crippen molar-refractivity contribution in [3.8, 4) is 11.3 Å². The molecule has 0 N–H and O–H groups in total. The van der Waals surface area contributed by atoms with E-state index in [0.29, 0.717) is 0 Å². The summed E-state index contributed by atoms with van der Waals surface area (Å²) in [5, 5.41) is 6.70. The monoisotopic (exact) mass is 403 g/mol. The predicted molar refractivity (Wildman–Crippen MR) is 101 cm³/mol. The van der Waals surface area contributed by atoms with Gasteiger partial charge in [-0.1, -0.05) is 40.2 Å². The number of rotatable bonds is 3. The van der Waals surface area contributed by atoms with Crippen LogP contribution >= 0.6 is 27.3 Å². The van der Waals surface area contributed by atoms with Crippen molar-refractivity contribution in [2.75, 3.05) is 7.05 Å². The van der Waals surface area contributed by atoms with Crippen LogP contribution in [-0.4, -0.2) is 17.4 Å². The summed E-state index contributed by atoms with van der Waals surface area (Å²) >= 11 is 5.01. The maximum atomic E-state index is 13.5. The molecular weight excluding hydrogens is 389 g/mol. The zero-order chi connectivity index (χ0) is 17.1. The summed E-state index contributed by atoms with van der Waals surface area (Å²) in [4.78, 5) is 5.07. The molecule has 1 aromatic heterocycles. The molecule has 3 rings (SSSR count). The second-order valence-electron chi connectivity index (χ2n) is 5.15. The van der Waals surface area contributed by atoms with Crippen LogP contribution in [0.1, 0.15) is 12.5 Å². The van der Waals surface area contributed by atoms with Crippen LogP contribution in [0.15, 0.2) is 68.5 Å². The summed E-state index contributed by atoms with van der Waals surface area (Å²) in [5.41, 5.74) is 3.44. The summed E-state index contributed by atoms with van der Waals surface area (Å²) in [6.45, 7) is 1.86. The van der Waals surface area contributed by atoms with Crippen LogP contribution in [-0.2, 0) is 0 Å². The fourth-order valence-electron chi connectivity index (χ4n) is 2.31. The third-order valence-corrected chi connectivity index (χ3v) is 4.89. The highest BCUT2D eigenvalue weighted by Gasteiger charge is 2.09. The van der Waals surface area contributed by atoms with Gasteiger partial charge in [-0.05, 0) is 31.2 Å². The van der Waals surface area contributed by atoms with Crippen molar-refractivity contribution in [2.45, 2.75) is 6.92 Å². The van der Waals surface area contributed by atoms with Gasteiger partial charge in [-0.2, -0.15) is 5.10 Å². The smallest absolute Gasteiger partial charge is 0.205 e. The predicted octanol–water partition coefficient (Wildman–Crippen LogP) is 4.92. The second kappa shape index (κ2) is 7.23. The van der Waals surface area contributed by atoms with Crippen molar-refractivity contribution >= 4 is 33.0 Å². The number of aromatic nitrogens is 1. The molecule has 0 amide bonds. The van der Waals surface area contributed by atoms with E-state index in [9.17, 15) is 4.39 Å². The molecule has 3 aromatic rings. The third kappa shape index (κ3) is 3.55. The molecule has 6 heteroatoms. The molecular formula is C18H15BrFN3S. The van der Waals surface area contributed by atoms with E-state index in [4.69, 9.17) is 0 Å². The van der Waals surface area contributed by atoms with E-state index >= 15 is 0 Å². The van der Waals surface area contributed by atoms with Gasteiger partial charge in [0, 0.05) is 28.0 Å². The lowest BCUT2D eigenvalue weighted by atomic mass is 10.1. The molecule has 24 heavy (non-hydrogen) atoms. The topological polar surface area (TPSA) is 29.6 Å². The first-order valence-electron chi connectivity index (χ1n) is 7.29. The van der Waals surface area contributed by atoms with Gasteiger partial charge in [0.25, 0.3) is 0 Å². The molecule has 0 saturated heterocycles. The van der Waals surface area contributed by atoms with Crippen molar-refractivity contribution in [3.63, 3.8) is 0 Å². The summed E-state index contributed by atoms with van der Waals surface area (Å²) in [6.07, 6.45) is 0. The first-order valence-corrected chi connectivity index (χ1v) is 8.96. The van der Waals surface area contributed by atoms with Crippen LogP contribution in [0.3, 0.4) is 0 Å². The largest absolute Gasteiger partial charge is 0.261 e. The Morgan fingerprint density at radius 2 is 1.96 bits per heavy atom. The Kier molecular flexibility index (Phi) is 5.06. The first kappa shape index (κ1) is 16.8. The van der Waals surface area contributed by atoms with Gasteiger partial charge in [0.2, 0.25) is 4.80 Å². The molecule has 0 fully saturated rings. The summed E-state index contributed by atoms with van der Waals surface area (Å²) < 4.78 is 16.3. The first-order chi connectivity index (χ1) is 11.6. The lowest BCUT2D eigenvalue weighted by Gasteiger charge is -2.06. The van der Waals surface area contributed by atoms with E-state index < -0.39 is 0 Å². The van der Waals surface area contributed by atoms with Crippen LogP contribution in [0.2, 0.25) is 0 Å². The van der Waals surface area contributed by atoms with E-state index in [0.717, 1.165) is 31.8 Å². The molecule has 0 radical (unpaired) electrons. The van der Waals surface area contributed by atoms with Gasteiger partial charge >= 0.3 is 0 Å². The van der Waals surface area contributed by atoms with Gasteiger partial charge in [-0.15, -0.1) is 11.3 Å². The Morgan fingerprint density at radius 1 is 1.17 bits per heavy atom. The fraction of sp³-hybridized carbons (Fsp3) is 0.111. The summed E-state index contributed by atoms with van der Waals surface area (Å²) in [5.74, 6) is -0.273. The van der Waals surface area contributed by atoms with Crippen molar-refractivity contribution in [2.24, 2.45) is 10.1 Å². The zero-order valence-corrected chi connectivity index (χ0v) is 15.6. The normalized spacial score (nSPS) is 12.7. The van der Waals surface area contributed by atoms with Gasteiger partial charge in [0.1, 0.15) is 5.82 Å². The molecule has 1 heterocycles. The van der Waals surface area contributed by atoms with Crippen LogP contribution in [0, 0.1) is 5.82 Å². The van der Waals surface area contributed by atoms with Crippen LogP contribution < -0.4 is 4.80 Å². The molecule has 2 aromatic carbocycles. The summed E-state index contributed by atoms with van der Waals surface area (Å²) in [6, 6.07) is 14.4. The average Bonchev–Trinajstić information content (AvgIpc) is 2.97. The van der Waals surface area contributed by atoms with Crippen LogP contribution in [0.25, 0.3) is 11.3 Å². The highest BCUT2D eigenvalue weighted by Crippen LogP contribution is 2.23. The number of benzene rings is 2. The molecule has 0 atom stereocenters. The lowest BCUT2D eigenvalue weighted by Crippen LogP contribution is -2.13.